The second-order valence-corrected chi connectivity index (χ2v) is 11.7. The Balaban J connectivity index is 2.68. The van der Waals surface area contributed by atoms with Crippen LogP contribution in [0.3, 0.4) is 0 Å². The highest BCUT2D eigenvalue weighted by molar-refractivity contribution is 6.30. The fraction of sp³-hybridized carbons (Fsp3) is 0.556. The molecule has 30 heavy (non-hydrogen) atoms. The third kappa shape index (κ3) is 4.54. The van der Waals surface area contributed by atoms with Crippen LogP contribution in [0, 0.1) is 13.8 Å². The van der Waals surface area contributed by atoms with Crippen molar-refractivity contribution in [2.45, 2.75) is 97.6 Å². The lowest BCUT2D eigenvalue weighted by molar-refractivity contribution is 0.125. The summed E-state index contributed by atoms with van der Waals surface area (Å²) in [6.45, 7) is 25.0. The van der Waals surface area contributed by atoms with Crippen molar-refractivity contribution in [3.63, 3.8) is 0 Å². The van der Waals surface area contributed by atoms with Crippen LogP contribution in [0.2, 0.25) is 5.15 Å². The molecule has 0 radical (unpaired) electrons. The maximum absolute atomic E-state index is 16.7. The number of hydrogen-bond donors (Lipinski definition) is 1. The smallest absolute Gasteiger partial charge is 0.142 e. The normalized spacial score (nSPS) is 15.2. The summed E-state index contributed by atoms with van der Waals surface area (Å²) >= 11 is 6.28. The number of alkyl halides is 1. The molecule has 1 unspecified atom stereocenters. The molecule has 3 heteroatoms. The van der Waals surface area contributed by atoms with Crippen LogP contribution in [0.25, 0.3) is 0 Å². The molecule has 1 nitrogen and oxygen atoms in total. The van der Waals surface area contributed by atoms with Crippen molar-refractivity contribution < 1.29 is 4.39 Å². The molecule has 0 aliphatic rings. The van der Waals surface area contributed by atoms with Crippen molar-refractivity contribution in [2.75, 3.05) is 0 Å². The van der Waals surface area contributed by atoms with Gasteiger partial charge in [-0.05, 0) is 52.5 Å². The van der Waals surface area contributed by atoms with Crippen molar-refractivity contribution in [3.05, 3.63) is 69.5 Å². The molecule has 0 fully saturated rings. The molecule has 0 saturated heterocycles. The first-order valence-electron chi connectivity index (χ1n) is 10.8. The highest BCUT2D eigenvalue weighted by Gasteiger charge is 2.46. The van der Waals surface area contributed by atoms with Crippen LogP contribution in [0.1, 0.15) is 88.9 Å². The zero-order valence-electron chi connectivity index (χ0n) is 20.5. The summed E-state index contributed by atoms with van der Waals surface area (Å²) in [5.41, 5.74) is 3.73. The number of aryl methyl sites for hydroxylation is 1. The summed E-state index contributed by atoms with van der Waals surface area (Å²) in [5.74, 6) is 0. The molecular formula is C27H39ClFN. The highest BCUT2D eigenvalue weighted by atomic mass is 35.5. The van der Waals surface area contributed by atoms with Gasteiger partial charge in [0.1, 0.15) is 10.8 Å². The molecule has 0 amide bonds. The van der Waals surface area contributed by atoms with Gasteiger partial charge >= 0.3 is 0 Å². The standard InChI is InChI=1S/C27H39ClFN/c1-12-27(29,16-22-17(2)23(28)30-18(22)3)26(10,11)21-14-19(24(4,5)6)13-20(15-21)25(7,8)9/h12-15,30H,1,16H2,2-11H3. The number of benzene rings is 1. The number of nitrogens with one attached hydrogen (secondary N) is 1. The van der Waals surface area contributed by atoms with Gasteiger partial charge in [0.25, 0.3) is 0 Å². The lowest BCUT2D eigenvalue weighted by Gasteiger charge is -2.41. The van der Waals surface area contributed by atoms with Gasteiger partial charge in [-0.1, -0.05) is 97.8 Å². The number of aromatic nitrogens is 1. The van der Waals surface area contributed by atoms with Crippen LogP contribution in [0.5, 0.6) is 0 Å². The summed E-state index contributed by atoms with van der Waals surface area (Å²) < 4.78 is 16.7. The van der Waals surface area contributed by atoms with Gasteiger partial charge in [0.15, 0.2) is 0 Å². The van der Waals surface area contributed by atoms with Crippen LogP contribution in [-0.4, -0.2) is 10.7 Å². The third-order valence-electron chi connectivity index (χ3n) is 6.72. The first-order valence-corrected chi connectivity index (χ1v) is 11.1. The minimum Gasteiger partial charge on any atom is -0.349 e. The molecule has 0 saturated carbocycles. The van der Waals surface area contributed by atoms with Gasteiger partial charge in [-0.3, -0.25) is 0 Å². The molecule has 0 spiro atoms. The molecule has 0 aliphatic carbocycles. The minimum atomic E-state index is -1.64. The predicted octanol–water partition coefficient (Wildman–Crippen LogP) is 8.29. The summed E-state index contributed by atoms with van der Waals surface area (Å²) in [5, 5.41) is 0.580. The monoisotopic (exact) mass is 431 g/mol. The molecule has 2 aromatic rings. The Morgan fingerprint density at radius 1 is 0.900 bits per heavy atom. The Morgan fingerprint density at radius 3 is 1.67 bits per heavy atom. The van der Waals surface area contributed by atoms with E-state index in [-0.39, 0.29) is 17.3 Å². The summed E-state index contributed by atoms with van der Waals surface area (Å²) in [6.07, 6.45) is 1.71. The first-order chi connectivity index (χ1) is 13.4. The fourth-order valence-electron chi connectivity index (χ4n) is 3.91. The Morgan fingerprint density at radius 2 is 1.33 bits per heavy atom. The van der Waals surface area contributed by atoms with Crippen LogP contribution >= 0.6 is 11.6 Å². The summed E-state index contributed by atoms with van der Waals surface area (Å²) in [7, 11) is 0. The van der Waals surface area contributed by atoms with Gasteiger partial charge in [-0.2, -0.15) is 0 Å². The molecule has 1 aromatic carbocycles. The lowest BCUT2D eigenvalue weighted by Crippen LogP contribution is -2.44. The van der Waals surface area contributed by atoms with E-state index in [1.54, 1.807) is 0 Å². The number of hydrogen-bond acceptors (Lipinski definition) is 0. The lowest BCUT2D eigenvalue weighted by atomic mass is 9.66. The van der Waals surface area contributed by atoms with Gasteiger partial charge in [-0.15, -0.1) is 0 Å². The van der Waals surface area contributed by atoms with Crippen molar-refractivity contribution in [1.29, 1.82) is 0 Å². The second kappa shape index (κ2) is 7.86. The molecule has 1 heterocycles. The number of aromatic amines is 1. The maximum Gasteiger partial charge on any atom is 0.142 e. The molecule has 0 aliphatic heterocycles. The fourth-order valence-corrected chi connectivity index (χ4v) is 4.17. The third-order valence-corrected chi connectivity index (χ3v) is 7.09. The SMILES string of the molecule is C=CC(F)(Cc1c(C)[nH]c(Cl)c1C)C(C)(C)c1cc(C(C)(C)C)cc(C(C)(C)C)c1. The number of rotatable bonds is 5. The molecular weight excluding hydrogens is 393 g/mol. The highest BCUT2D eigenvalue weighted by Crippen LogP contribution is 2.45. The number of halogens is 2. The van der Waals surface area contributed by atoms with Crippen LogP contribution < -0.4 is 0 Å². The zero-order valence-corrected chi connectivity index (χ0v) is 21.2. The van der Waals surface area contributed by atoms with E-state index in [0.717, 1.165) is 22.4 Å². The largest absolute Gasteiger partial charge is 0.349 e. The van der Waals surface area contributed by atoms with E-state index in [0.29, 0.717) is 5.15 Å². The molecule has 1 N–H and O–H groups in total. The van der Waals surface area contributed by atoms with Crippen LogP contribution in [0.4, 0.5) is 4.39 Å². The average Bonchev–Trinajstić information content (AvgIpc) is 2.85. The van der Waals surface area contributed by atoms with E-state index in [4.69, 9.17) is 11.6 Å². The van der Waals surface area contributed by atoms with Gasteiger partial charge in [0, 0.05) is 17.5 Å². The van der Waals surface area contributed by atoms with Crippen LogP contribution in [-0.2, 0) is 22.7 Å². The average molecular weight is 432 g/mol. The Hall–Kier alpha value is -1.54. The van der Waals surface area contributed by atoms with E-state index in [1.165, 1.54) is 17.2 Å². The minimum absolute atomic E-state index is 0.0272. The van der Waals surface area contributed by atoms with Crippen molar-refractivity contribution in [1.82, 2.24) is 4.98 Å². The molecule has 1 atom stereocenters. The summed E-state index contributed by atoms with van der Waals surface area (Å²) in [4.78, 5) is 3.14. The first kappa shape index (κ1) is 24.7. The molecule has 2 rings (SSSR count). The van der Waals surface area contributed by atoms with Gasteiger partial charge in [0.2, 0.25) is 0 Å². The van der Waals surface area contributed by atoms with Gasteiger partial charge < -0.3 is 4.98 Å². The zero-order chi connectivity index (χ0) is 23.3. The Labute approximate surface area is 188 Å². The summed E-state index contributed by atoms with van der Waals surface area (Å²) in [6, 6.07) is 6.63. The predicted molar refractivity (Wildman–Crippen MR) is 130 cm³/mol. The molecule has 166 valence electrons. The molecule has 0 bridgehead atoms. The topological polar surface area (TPSA) is 15.8 Å². The van der Waals surface area contributed by atoms with Gasteiger partial charge in [0.05, 0.1) is 0 Å². The quantitative estimate of drug-likeness (QED) is 0.458. The van der Waals surface area contributed by atoms with E-state index in [2.05, 4.69) is 71.3 Å². The Kier molecular flexibility index (Phi) is 6.48. The molecule has 1 aromatic heterocycles. The van der Waals surface area contributed by atoms with Crippen molar-refractivity contribution in [3.8, 4) is 0 Å². The van der Waals surface area contributed by atoms with E-state index in [9.17, 15) is 0 Å². The maximum atomic E-state index is 16.7. The van der Waals surface area contributed by atoms with Crippen LogP contribution in [0.15, 0.2) is 30.9 Å². The van der Waals surface area contributed by atoms with Crippen molar-refractivity contribution in [2.24, 2.45) is 0 Å². The Bertz CT molecular complexity index is 905. The van der Waals surface area contributed by atoms with Crippen molar-refractivity contribution >= 4 is 11.6 Å². The number of H-pyrrole nitrogens is 1. The van der Waals surface area contributed by atoms with E-state index < -0.39 is 11.1 Å². The van der Waals surface area contributed by atoms with E-state index in [1.807, 2.05) is 27.7 Å². The number of allylic oxidation sites excluding steroid dienone is 1. The second-order valence-electron chi connectivity index (χ2n) is 11.3. The van der Waals surface area contributed by atoms with Gasteiger partial charge in [-0.25, -0.2) is 4.39 Å². The van der Waals surface area contributed by atoms with E-state index >= 15 is 4.39 Å².